The second-order valence-electron chi connectivity index (χ2n) is 6.38. The summed E-state index contributed by atoms with van der Waals surface area (Å²) in [7, 11) is 0. The predicted octanol–water partition coefficient (Wildman–Crippen LogP) is 1.50. The number of aromatic nitrogens is 1. The highest BCUT2D eigenvalue weighted by atomic mass is 16.3. The van der Waals surface area contributed by atoms with Crippen LogP contribution in [0.2, 0.25) is 0 Å². The first-order chi connectivity index (χ1) is 9.73. The Hall–Kier alpha value is -0.970. The van der Waals surface area contributed by atoms with E-state index in [4.69, 9.17) is 0 Å². The van der Waals surface area contributed by atoms with E-state index in [1.807, 2.05) is 12.3 Å². The minimum absolute atomic E-state index is 0.514. The molecule has 0 bridgehead atoms. The van der Waals surface area contributed by atoms with Crippen molar-refractivity contribution in [2.75, 3.05) is 32.7 Å². The van der Waals surface area contributed by atoms with E-state index in [0.29, 0.717) is 0 Å². The Morgan fingerprint density at radius 2 is 2.00 bits per heavy atom. The van der Waals surface area contributed by atoms with Crippen molar-refractivity contribution in [2.24, 2.45) is 0 Å². The van der Waals surface area contributed by atoms with Crippen LogP contribution in [0.15, 0.2) is 24.5 Å². The van der Waals surface area contributed by atoms with Crippen LogP contribution < -0.4 is 0 Å². The number of rotatable bonds is 4. The van der Waals surface area contributed by atoms with Crippen molar-refractivity contribution in [1.82, 2.24) is 14.8 Å². The summed E-state index contributed by atoms with van der Waals surface area (Å²) < 4.78 is 0. The van der Waals surface area contributed by atoms with E-state index in [1.165, 1.54) is 24.8 Å². The van der Waals surface area contributed by atoms with E-state index in [-0.39, 0.29) is 0 Å². The van der Waals surface area contributed by atoms with Gasteiger partial charge >= 0.3 is 0 Å². The van der Waals surface area contributed by atoms with Gasteiger partial charge in [-0.3, -0.25) is 9.88 Å². The molecule has 1 atom stereocenters. The van der Waals surface area contributed by atoms with Gasteiger partial charge in [-0.2, -0.15) is 0 Å². The van der Waals surface area contributed by atoms with Crippen LogP contribution in [0.3, 0.4) is 0 Å². The van der Waals surface area contributed by atoms with Crippen molar-refractivity contribution in [1.29, 1.82) is 0 Å². The van der Waals surface area contributed by atoms with E-state index >= 15 is 0 Å². The highest BCUT2D eigenvalue weighted by Crippen LogP contribution is 2.25. The summed E-state index contributed by atoms with van der Waals surface area (Å²) in [6.45, 7) is 5.83. The van der Waals surface area contributed by atoms with E-state index in [9.17, 15) is 5.11 Å². The van der Waals surface area contributed by atoms with Gasteiger partial charge in [0.25, 0.3) is 0 Å². The van der Waals surface area contributed by atoms with Crippen LogP contribution >= 0.6 is 0 Å². The number of aliphatic hydroxyl groups is 1. The number of piperidine rings is 1. The van der Waals surface area contributed by atoms with Gasteiger partial charge in [-0.25, -0.2) is 0 Å². The molecule has 2 aliphatic rings. The molecule has 2 saturated heterocycles. The second-order valence-corrected chi connectivity index (χ2v) is 6.38. The third-order valence-electron chi connectivity index (χ3n) is 4.51. The van der Waals surface area contributed by atoms with E-state index < -0.39 is 5.60 Å². The van der Waals surface area contributed by atoms with Crippen LogP contribution in [0, 0.1) is 0 Å². The summed E-state index contributed by atoms with van der Waals surface area (Å²) in [6.07, 6.45) is 8.54. The fraction of sp³-hybridized carbons (Fsp3) is 0.688. The van der Waals surface area contributed by atoms with Crippen LogP contribution in [-0.2, 0) is 6.54 Å². The van der Waals surface area contributed by atoms with Gasteiger partial charge in [-0.15, -0.1) is 0 Å². The molecule has 20 heavy (non-hydrogen) atoms. The molecule has 1 N–H and O–H groups in total. The smallest absolute Gasteiger partial charge is 0.0912 e. The van der Waals surface area contributed by atoms with Gasteiger partial charge in [0.15, 0.2) is 0 Å². The van der Waals surface area contributed by atoms with Crippen LogP contribution in [0.25, 0.3) is 0 Å². The number of nitrogens with zero attached hydrogens (tertiary/aromatic N) is 3. The molecule has 0 spiro atoms. The van der Waals surface area contributed by atoms with Gasteiger partial charge in [0, 0.05) is 38.6 Å². The number of hydrogen-bond acceptors (Lipinski definition) is 4. The molecule has 1 aromatic rings. The molecule has 3 rings (SSSR count). The monoisotopic (exact) mass is 275 g/mol. The third-order valence-corrected chi connectivity index (χ3v) is 4.51. The van der Waals surface area contributed by atoms with Gasteiger partial charge in [0.1, 0.15) is 0 Å². The zero-order valence-electron chi connectivity index (χ0n) is 12.2. The lowest BCUT2D eigenvalue weighted by Crippen LogP contribution is -2.46. The molecular formula is C16H25N3O. The maximum atomic E-state index is 10.8. The minimum atomic E-state index is -0.514. The molecule has 2 aliphatic heterocycles. The lowest BCUT2D eigenvalue weighted by Gasteiger charge is -2.33. The fourth-order valence-electron chi connectivity index (χ4n) is 3.49. The summed E-state index contributed by atoms with van der Waals surface area (Å²) in [4.78, 5) is 8.95. The average molecular weight is 275 g/mol. The normalized spacial score (nSPS) is 28.9. The topological polar surface area (TPSA) is 39.6 Å². The van der Waals surface area contributed by atoms with Crippen LogP contribution in [0.4, 0.5) is 0 Å². The zero-order chi connectivity index (χ0) is 13.8. The average Bonchev–Trinajstić information content (AvgIpc) is 2.82. The van der Waals surface area contributed by atoms with Gasteiger partial charge in [0.05, 0.1) is 5.60 Å². The lowest BCUT2D eigenvalue weighted by molar-refractivity contribution is 0.00634. The molecule has 0 amide bonds. The summed E-state index contributed by atoms with van der Waals surface area (Å²) in [5.41, 5.74) is 0.717. The predicted molar refractivity (Wildman–Crippen MR) is 79.4 cm³/mol. The Bertz CT molecular complexity index is 419. The number of hydrogen-bond donors (Lipinski definition) is 1. The first-order valence-corrected chi connectivity index (χ1v) is 7.80. The molecule has 110 valence electrons. The molecule has 4 heteroatoms. The van der Waals surface area contributed by atoms with Crippen molar-refractivity contribution in [3.05, 3.63) is 30.1 Å². The Balaban J connectivity index is 1.52. The molecular weight excluding hydrogens is 250 g/mol. The maximum Gasteiger partial charge on any atom is 0.0912 e. The molecule has 0 radical (unpaired) electrons. The first kappa shape index (κ1) is 14.0. The van der Waals surface area contributed by atoms with Crippen molar-refractivity contribution in [3.63, 3.8) is 0 Å². The molecule has 3 heterocycles. The summed E-state index contributed by atoms with van der Waals surface area (Å²) in [5.74, 6) is 0. The van der Waals surface area contributed by atoms with E-state index in [0.717, 1.165) is 45.7 Å². The maximum absolute atomic E-state index is 10.8. The molecule has 2 fully saturated rings. The molecule has 0 unspecified atom stereocenters. The largest absolute Gasteiger partial charge is 0.387 e. The zero-order valence-corrected chi connectivity index (χ0v) is 12.2. The standard InChI is InChI=1S/C16H25N3O/c20-16(13-18-8-2-1-3-9-18)6-10-19(14-16)12-15-5-4-7-17-11-15/h4-5,7,11,20H,1-3,6,8-10,12-14H2/t16-/m1/s1. The Labute approximate surface area is 121 Å². The Morgan fingerprint density at radius 1 is 1.15 bits per heavy atom. The van der Waals surface area contributed by atoms with Crippen LogP contribution in [-0.4, -0.2) is 58.2 Å². The highest BCUT2D eigenvalue weighted by molar-refractivity contribution is 5.09. The summed E-state index contributed by atoms with van der Waals surface area (Å²) >= 11 is 0. The van der Waals surface area contributed by atoms with E-state index in [2.05, 4.69) is 20.9 Å². The number of likely N-dealkylation sites (tertiary alicyclic amines) is 2. The quantitative estimate of drug-likeness (QED) is 0.904. The van der Waals surface area contributed by atoms with Crippen molar-refractivity contribution >= 4 is 0 Å². The molecule has 1 aromatic heterocycles. The Morgan fingerprint density at radius 3 is 2.75 bits per heavy atom. The van der Waals surface area contributed by atoms with Crippen LogP contribution in [0.1, 0.15) is 31.2 Å². The van der Waals surface area contributed by atoms with Crippen LogP contribution in [0.5, 0.6) is 0 Å². The molecule has 4 nitrogen and oxygen atoms in total. The van der Waals surface area contributed by atoms with Gasteiger partial charge < -0.3 is 10.0 Å². The van der Waals surface area contributed by atoms with E-state index in [1.54, 1.807) is 6.20 Å². The molecule has 0 aromatic carbocycles. The summed E-state index contributed by atoms with van der Waals surface area (Å²) in [5, 5.41) is 10.8. The minimum Gasteiger partial charge on any atom is -0.387 e. The van der Waals surface area contributed by atoms with Gasteiger partial charge in [0.2, 0.25) is 0 Å². The first-order valence-electron chi connectivity index (χ1n) is 7.80. The lowest BCUT2D eigenvalue weighted by atomic mass is 10.0. The number of β-amino-alcohol motifs (C(OH)–C–C–N with tert-alkyl or cyclic N) is 1. The Kier molecular flexibility index (Phi) is 4.34. The van der Waals surface area contributed by atoms with Crippen molar-refractivity contribution in [3.8, 4) is 0 Å². The van der Waals surface area contributed by atoms with Crippen molar-refractivity contribution < 1.29 is 5.11 Å². The third kappa shape index (κ3) is 3.57. The van der Waals surface area contributed by atoms with Gasteiger partial charge in [-0.05, 0) is 44.0 Å². The second kappa shape index (κ2) is 6.20. The fourth-order valence-corrected chi connectivity index (χ4v) is 3.49. The number of pyridine rings is 1. The SMILES string of the molecule is O[C@@]1(CN2CCCCC2)CCN(Cc2cccnc2)C1. The summed E-state index contributed by atoms with van der Waals surface area (Å²) in [6, 6.07) is 4.08. The molecule has 0 aliphatic carbocycles. The highest BCUT2D eigenvalue weighted by Gasteiger charge is 2.37. The van der Waals surface area contributed by atoms with Gasteiger partial charge in [-0.1, -0.05) is 12.5 Å². The van der Waals surface area contributed by atoms with Crippen molar-refractivity contribution in [2.45, 2.75) is 37.8 Å². The molecule has 0 saturated carbocycles.